The van der Waals surface area contributed by atoms with Crippen LogP contribution in [0.3, 0.4) is 0 Å². The maximum absolute atomic E-state index is 12.8. The Morgan fingerprint density at radius 2 is 1.50 bits per heavy atom. The van der Waals surface area contributed by atoms with Gasteiger partial charge in [-0.1, -0.05) is 64.5 Å². The van der Waals surface area contributed by atoms with E-state index in [9.17, 15) is 4.79 Å². The summed E-state index contributed by atoms with van der Waals surface area (Å²) >= 11 is 3.50. The molecule has 4 rings (SSSR count). The standard InChI is InChI=1S/C23H17BrNO/c24-20-12-10-19(11-13-20)23-21-9-5-4-6-17(21)14-15-25(23)16-22(26)18-7-2-1-3-8-18/h1-15H,16H2/q+1. The second-order valence-electron chi connectivity index (χ2n) is 6.18. The van der Waals surface area contributed by atoms with Gasteiger partial charge >= 0.3 is 0 Å². The van der Waals surface area contributed by atoms with Crippen molar-refractivity contribution in [2.24, 2.45) is 0 Å². The smallest absolute Gasteiger partial charge is 0.227 e. The summed E-state index contributed by atoms with van der Waals surface area (Å²) in [5.74, 6) is 0.101. The fourth-order valence-electron chi connectivity index (χ4n) is 3.19. The lowest BCUT2D eigenvalue weighted by molar-refractivity contribution is -0.671. The maximum Gasteiger partial charge on any atom is 0.227 e. The van der Waals surface area contributed by atoms with E-state index in [0.717, 1.165) is 32.1 Å². The number of Topliss-reactive ketones (excluding diaryl/α,β-unsaturated/α-hetero) is 1. The summed E-state index contributed by atoms with van der Waals surface area (Å²) < 4.78 is 3.08. The van der Waals surface area contributed by atoms with Crippen LogP contribution < -0.4 is 4.57 Å². The van der Waals surface area contributed by atoms with Crippen LogP contribution in [0, 0.1) is 0 Å². The Kier molecular flexibility index (Phi) is 4.63. The molecule has 0 bridgehead atoms. The average molecular weight is 403 g/mol. The first kappa shape index (κ1) is 16.7. The molecule has 0 fully saturated rings. The van der Waals surface area contributed by atoms with Crippen molar-refractivity contribution in [2.75, 3.05) is 0 Å². The zero-order chi connectivity index (χ0) is 17.9. The number of nitrogens with zero attached hydrogens (tertiary/aromatic N) is 1. The molecule has 0 aliphatic heterocycles. The largest absolute Gasteiger partial charge is 0.287 e. The number of pyridine rings is 1. The summed E-state index contributed by atoms with van der Waals surface area (Å²) in [6.07, 6.45) is 2.00. The van der Waals surface area contributed by atoms with E-state index in [1.807, 2.05) is 65.4 Å². The summed E-state index contributed by atoms with van der Waals surface area (Å²) in [6, 6.07) is 28.0. The van der Waals surface area contributed by atoms with Crippen molar-refractivity contribution < 1.29 is 9.36 Å². The Morgan fingerprint density at radius 1 is 0.808 bits per heavy atom. The van der Waals surface area contributed by atoms with Crippen molar-refractivity contribution in [1.29, 1.82) is 0 Å². The number of fused-ring (bicyclic) bond motifs is 1. The Morgan fingerprint density at radius 3 is 2.27 bits per heavy atom. The molecule has 0 aliphatic carbocycles. The molecule has 3 heteroatoms. The minimum atomic E-state index is 0.101. The number of halogens is 1. The van der Waals surface area contributed by atoms with Gasteiger partial charge in [-0.2, -0.15) is 4.57 Å². The number of rotatable bonds is 4. The van der Waals surface area contributed by atoms with Gasteiger partial charge in [0, 0.05) is 21.7 Å². The van der Waals surface area contributed by atoms with E-state index < -0.39 is 0 Å². The van der Waals surface area contributed by atoms with E-state index in [0.29, 0.717) is 6.54 Å². The van der Waals surface area contributed by atoms with E-state index in [2.05, 4.69) is 46.3 Å². The highest BCUT2D eigenvalue weighted by Gasteiger charge is 2.20. The number of hydrogen-bond acceptors (Lipinski definition) is 1. The highest BCUT2D eigenvalue weighted by molar-refractivity contribution is 9.10. The Hall–Kier alpha value is -2.78. The van der Waals surface area contributed by atoms with Gasteiger partial charge in [0.25, 0.3) is 0 Å². The highest BCUT2D eigenvalue weighted by atomic mass is 79.9. The van der Waals surface area contributed by atoms with Gasteiger partial charge in [-0.25, -0.2) is 0 Å². The molecule has 0 atom stereocenters. The number of ketones is 1. The highest BCUT2D eigenvalue weighted by Crippen LogP contribution is 2.26. The summed E-state index contributed by atoms with van der Waals surface area (Å²) in [7, 11) is 0. The molecule has 1 heterocycles. The Bertz CT molecular complexity index is 1070. The van der Waals surface area contributed by atoms with Gasteiger partial charge in [-0.05, 0) is 35.7 Å². The molecule has 0 saturated carbocycles. The first-order chi connectivity index (χ1) is 12.7. The first-order valence-electron chi connectivity index (χ1n) is 8.48. The van der Waals surface area contributed by atoms with Crippen LogP contribution in [-0.4, -0.2) is 5.78 Å². The predicted molar refractivity (Wildman–Crippen MR) is 108 cm³/mol. The van der Waals surface area contributed by atoms with E-state index in [1.165, 1.54) is 0 Å². The van der Waals surface area contributed by atoms with Gasteiger partial charge in [0.1, 0.15) is 0 Å². The van der Waals surface area contributed by atoms with Crippen molar-refractivity contribution in [3.8, 4) is 11.3 Å². The summed E-state index contributed by atoms with van der Waals surface area (Å²) in [5, 5.41) is 2.30. The van der Waals surface area contributed by atoms with E-state index in [-0.39, 0.29) is 5.78 Å². The second kappa shape index (κ2) is 7.22. The molecule has 4 aromatic rings. The van der Waals surface area contributed by atoms with E-state index in [4.69, 9.17) is 0 Å². The quantitative estimate of drug-likeness (QED) is 0.328. The Balaban J connectivity index is 1.85. The topological polar surface area (TPSA) is 20.9 Å². The minimum absolute atomic E-state index is 0.101. The number of aromatic nitrogens is 1. The lowest BCUT2D eigenvalue weighted by Gasteiger charge is -2.08. The predicted octanol–water partition coefficient (Wildman–Crippen LogP) is 5.44. The van der Waals surface area contributed by atoms with Gasteiger partial charge in [0.05, 0.1) is 5.39 Å². The minimum Gasteiger partial charge on any atom is -0.287 e. The molecule has 0 N–H and O–H groups in total. The lowest BCUT2D eigenvalue weighted by Crippen LogP contribution is -2.40. The SMILES string of the molecule is O=C(C[n+]1ccc2ccccc2c1-c1ccc(Br)cc1)c1ccccc1. The monoisotopic (exact) mass is 402 g/mol. The van der Waals surface area contributed by atoms with Crippen molar-refractivity contribution in [3.05, 3.63) is 101 Å². The van der Waals surface area contributed by atoms with Gasteiger partial charge < -0.3 is 0 Å². The third-order valence-electron chi connectivity index (χ3n) is 4.46. The average Bonchev–Trinajstić information content (AvgIpc) is 2.69. The number of hydrogen-bond donors (Lipinski definition) is 0. The Labute approximate surface area is 160 Å². The molecule has 0 unspecified atom stereocenters. The van der Waals surface area contributed by atoms with Crippen LogP contribution in [0.2, 0.25) is 0 Å². The molecular formula is C23H17BrNO+. The van der Waals surface area contributed by atoms with Gasteiger partial charge in [0.2, 0.25) is 18.0 Å². The number of carbonyl (C=O) groups is 1. The summed E-state index contributed by atoms with van der Waals surface area (Å²) in [6.45, 7) is 0.306. The van der Waals surface area contributed by atoms with Gasteiger partial charge in [-0.15, -0.1) is 0 Å². The molecule has 0 spiro atoms. The van der Waals surface area contributed by atoms with Crippen LogP contribution in [0.1, 0.15) is 10.4 Å². The normalized spacial score (nSPS) is 10.8. The molecule has 0 amide bonds. The second-order valence-corrected chi connectivity index (χ2v) is 7.09. The zero-order valence-corrected chi connectivity index (χ0v) is 15.7. The lowest BCUT2D eigenvalue weighted by atomic mass is 10.0. The van der Waals surface area contributed by atoms with Crippen molar-refractivity contribution in [1.82, 2.24) is 0 Å². The fraction of sp³-hybridized carbons (Fsp3) is 0.0435. The van der Waals surface area contributed by atoms with Gasteiger partial charge in [-0.3, -0.25) is 4.79 Å². The number of carbonyl (C=O) groups excluding carboxylic acids is 1. The zero-order valence-electron chi connectivity index (χ0n) is 14.1. The molecule has 2 nitrogen and oxygen atoms in total. The maximum atomic E-state index is 12.8. The molecule has 0 saturated heterocycles. The molecule has 3 aromatic carbocycles. The van der Waals surface area contributed by atoms with E-state index in [1.54, 1.807) is 0 Å². The molecule has 0 radical (unpaired) electrons. The molecule has 1 aromatic heterocycles. The fourth-order valence-corrected chi connectivity index (χ4v) is 3.45. The van der Waals surface area contributed by atoms with Gasteiger partial charge in [0.15, 0.2) is 6.20 Å². The van der Waals surface area contributed by atoms with Crippen molar-refractivity contribution in [3.63, 3.8) is 0 Å². The third kappa shape index (κ3) is 3.31. The summed E-state index contributed by atoms with van der Waals surface area (Å²) in [5.41, 5.74) is 2.88. The van der Waals surface area contributed by atoms with Crippen LogP contribution in [0.5, 0.6) is 0 Å². The summed E-state index contributed by atoms with van der Waals surface area (Å²) in [4.78, 5) is 12.8. The molecular weight excluding hydrogens is 386 g/mol. The first-order valence-corrected chi connectivity index (χ1v) is 9.27. The third-order valence-corrected chi connectivity index (χ3v) is 4.99. The van der Waals surface area contributed by atoms with Crippen molar-refractivity contribution in [2.45, 2.75) is 6.54 Å². The number of benzene rings is 3. The van der Waals surface area contributed by atoms with Crippen molar-refractivity contribution >= 4 is 32.5 Å². The van der Waals surface area contributed by atoms with E-state index >= 15 is 0 Å². The van der Waals surface area contributed by atoms with Crippen LogP contribution in [0.15, 0.2) is 95.6 Å². The van der Waals surface area contributed by atoms with Crippen LogP contribution >= 0.6 is 15.9 Å². The molecule has 26 heavy (non-hydrogen) atoms. The van der Waals surface area contributed by atoms with Crippen LogP contribution in [0.25, 0.3) is 22.0 Å². The van der Waals surface area contributed by atoms with Crippen LogP contribution in [-0.2, 0) is 6.54 Å². The van der Waals surface area contributed by atoms with Crippen LogP contribution in [0.4, 0.5) is 0 Å². The molecule has 126 valence electrons. The molecule has 0 aliphatic rings.